The first-order chi connectivity index (χ1) is 14.6. The van der Waals surface area contributed by atoms with Crippen LogP contribution in [0.4, 0.5) is 13.2 Å². The summed E-state index contributed by atoms with van der Waals surface area (Å²) in [7, 11) is 1.74. The SMILES string of the molecule is CN1C(=O)c2cccc(Cl)c2C12CCN(C(=O)C=Cc1ccccc1C(F)(F)F)CC2. The van der Waals surface area contributed by atoms with Crippen molar-refractivity contribution in [3.63, 3.8) is 0 Å². The number of piperidine rings is 1. The summed E-state index contributed by atoms with van der Waals surface area (Å²) in [6.07, 6.45) is -1.11. The molecule has 2 aliphatic rings. The van der Waals surface area contributed by atoms with Gasteiger partial charge >= 0.3 is 6.18 Å². The van der Waals surface area contributed by atoms with Gasteiger partial charge in [-0.05, 0) is 42.7 Å². The Bertz CT molecular complexity index is 1070. The van der Waals surface area contributed by atoms with Crippen LogP contribution in [0.2, 0.25) is 5.02 Å². The number of amides is 2. The second kappa shape index (κ2) is 7.71. The zero-order valence-electron chi connectivity index (χ0n) is 16.7. The Hall–Kier alpha value is -2.80. The molecule has 4 rings (SSSR count). The molecule has 2 heterocycles. The van der Waals surface area contributed by atoms with Crippen LogP contribution in [0.5, 0.6) is 0 Å². The number of benzene rings is 2. The molecule has 0 bridgehead atoms. The van der Waals surface area contributed by atoms with Crippen LogP contribution < -0.4 is 0 Å². The molecule has 0 N–H and O–H groups in total. The summed E-state index contributed by atoms with van der Waals surface area (Å²) in [6.45, 7) is 0.735. The van der Waals surface area contributed by atoms with E-state index in [1.165, 1.54) is 30.4 Å². The van der Waals surface area contributed by atoms with Crippen molar-refractivity contribution < 1.29 is 22.8 Å². The summed E-state index contributed by atoms with van der Waals surface area (Å²) in [5, 5.41) is 0.527. The maximum absolute atomic E-state index is 13.1. The molecule has 1 spiro atoms. The number of hydrogen-bond donors (Lipinski definition) is 0. The van der Waals surface area contributed by atoms with Crippen molar-refractivity contribution in [3.8, 4) is 0 Å². The van der Waals surface area contributed by atoms with Crippen LogP contribution in [0.1, 0.15) is 39.9 Å². The topological polar surface area (TPSA) is 40.6 Å². The normalized spacial score (nSPS) is 18.2. The van der Waals surface area contributed by atoms with Crippen LogP contribution in [-0.4, -0.2) is 41.8 Å². The van der Waals surface area contributed by atoms with Gasteiger partial charge in [0, 0.05) is 42.4 Å². The molecule has 0 aromatic heterocycles. The van der Waals surface area contributed by atoms with Gasteiger partial charge in [-0.25, -0.2) is 0 Å². The maximum Gasteiger partial charge on any atom is 0.416 e. The van der Waals surface area contributed by atoms with Crippen LogP contribution in [-0.2, 0) is 16.5 Å². The number of hydrogen-bond acceptors (Lipinski definition) is 2. The van der Waals surface area contributed by atoms with E-state index in [-0.39, 0.29) is 17.4 Å². The van der Waals surface area contributed by atoms with Crippen molar-refractivity contribution in [2.45, 2.75) is 24.6 Å². The lowest BCUT2D eigenvalue weighted by Gasteiger charge is -2.44. The molecule has 1 saturated heterocycles. The molecule has 0 aliphatic carbocycles. The third-order valence-corrected chi connectivity index (χ3v) is 6.54. The van der Waals surface area contributed by atoms with Crippen LogP contribution in [0.15, 0.2) is 48.5 Å². The number of carbonyl (C=O) groups is 2. The van der Waals surface area contributed by atoms with E-state index in [0.29, 0.717) is 36.5 Å². The molecular formula is C23H20ClF3N2O2. The molecular weight excluding hydrogens is 429 g/mol. The molecule has 2 aliphatic heterocycles. The van der Waals surface area contributed by atoms with E-state index in [2.05, 4.69) is 0 Å². The minimum absolute atomic E-state index is 0.0568. The Kier molecular flexibility index (Phi) is 5.33. The fourth-order valence-electron chi connectivity index (χ4n) is 4.57. The third kappa shape index (κ3) is 3.61. The minimum atomic E-state index is -4.49. The van der Waals surface area contributed by atoms with E-state index in [0.717, 1.165) is 11.6 Å². The number of halogens is 4. The first-order valence-electron chi connectivity index (χ1n) is 9.85. The highest BCUT2D eigenvalue weighted by Gasteiger charge is 2.50. The minimum Gasteiger partial charge on any atom is -0.339 e. The van der Waals surface area contributed by atoms with Gasteiger partial charge in [0.15, 0.2) is 0 Å². The Morgan fingerprint density at radius 1 is 1.10 bits per heavy atom. The van der Waals surface area contributed by atoms with E-state index in [1.807, 2.05) is 0 Å². The first kappa shape index (κ1) is 21.4. The molecule has 0 atom stereocenters. The van der Waals surface area contributed by atoms with Crippen molar-refractivity contribution >= 4 is 29.5 Å². The van der Waals surface area contributed by atoms with Crippen LogP contribution >= 0.6 is 11.6 Å². The highest BCUT2D eigenvalue weighted by molar-refractivity contribution is 6.32. The van der Waals surface area contributed by atoms with Gasteiger partial charge in [0.1, 0.15) is 0 Å². The van der Waals surface area contributed by atoms with Crippen molar-refractivity contribution in [2.24, 2.45) is 0 Å². The lowest BCUT2D eigenvalue weighted by atomic mass is 9.81. The molecule has 1 fully saturated rings. The summed E-state index contributed by atoms with van der Waals surface area (Å²) in [5.74, 6) is -0.459. The second-order valence-electron chi connectivity index (χ2n) is 7.80. The van der Waals surface area contributed by atoms with Crippen molar-refractivity contribution in [1.82, 2.24) is 9.80 Å². The van der Waals surface area contributed by atoms with Gasteiger partial charge in [-0.3, -0.25) is 9.59 Å². The molecule has 2 aromatic rings. The molecule has 4 nitrogen and oxygen atoms in total. The zero-order chi connectivity index (χ0) is 22.4. The van der Waals surface area contributed by atoms with Gasteiger partial charge in [0.2, 0.25) is 5.91 Å². The quantitative estimate of drug-likeness (QED) is 0.608. The summed E-state index contributed by atoms with van der Waals surface area (Å²) >= 11 is 6.43. The van der Waals surface area contributed by atoms with Gasteiger partial charge in [-0.2, -0.15) is 13.2 Å². The lowest BCUT2D eigenvalue weighted by Crippen LogP contribution is -2.51. The van der Waals surface area contributed by atoms with E-state index in [1.54, 1.807) is 35.0 Å². The molecule has 0 radical (unpaired) electrons. The monoisotopic (exact) mass is 448 g/mol. The van der Waals surface area contributed by atoms with Crippen LogP contribution in [0.25, 0.3) is 6.08 Å². The summed E-state index contributed by atoms with van der Waals surface area (Å²) < 4.78 is 39.4. The lowest BCUT2D eigenvalue weighted by molar-refractivity contribution is -0.137. The van der Waals surface area contributed by atoms with E-state index >= 15 is 0 Å². The van der Waals surface area contributed by atoms with Gasteiger partial charge in [0.25, 0.3) is 5.91 Å². The highest BCUT2D eigenvalue weighted by atomic mass is 35.5. The molecule has 2 amide bonds. The average molecular weight is 449 g/mol. The number of fused-ring (bicyclic) bond motifs is 2. The highest BCUT2D eigenvalue weighted by Crippen LogP contribution is 2.48. The van der Waals surface area contributed by atoms with Crippen molar-refractivity contribution in [2.75, 3.05) is 20.1 Å². The van der Waals surface area contributed by atoms with Gasteiger partial charge in [0.05, 0.1) is 11.1 Å². The Balaban J connectivity index is 1.51. The molecule has 0 unspecified atom stereocenters. The fourth-order valence-corrected chi connectivity index (χ4v) is 4.92. The zero-order valence-corrected chi connectivity index (χ0v) is 17.5. The molecule has 2 aromatic carbocycles. The number of nitrogens with zero attached hydrogens (tertiary/aromatic N) is 2. The van der Waals surface area contributed by atoms with Gasteiger partial charge in [-0.1, -0.05) is 35.9 Å². The number of likely N-dealkylation sites (tertiary alicyclic amines) is 1. The number of rotatable bonds is 2. The fraction of sp³-hybridized carbons (Fsp3) is 0.304. The van der Waals surface area contributed by atoms with Gasteiger partial charge in [-0.15, -0.1) is 0 Å². The summed E-state index contributed by atoms with van der Waals surface area (Å²) in [6, 6.07) is 10.4. The Morgan fingerprint density at radius 3 is 2.45 bits per heavy atom. The predicted octanol–water partition coefficient (Wildman–Crippen LogP) is 4.98. The van der Waals surface area contributed by atoms with Crippen LogP contribution in [0, 0.1) is 0 Å². The Labute approximate surface area is 182 Å². The van der Waals surface area contributed by atoms with Gasteiger partial charge < -0.3 is 9.80 Å². The first-order valence-corrected chi connectivity index (χ1v) is 10.2. The smallest absolute Gasteiger partial charge is 0.339 e. The molecule has 31 heavy (non-hydrogen) atoms. The predicted molar refractivity (Wildman–Crippen MR) is 112 cm³/mol. The number of alkyl halides is 3. The van der Waals surface area contributed by atoms with Crippen molar-refractivity contribution in [1.29, 1.82) is 0 Å². The summed E-state index contributed by atoms with van der Waals surface area (Å²) in [5.41, 5.74) is -0.0364. The molecule has 8 heteroatoms. The van der Waals surface area contributed by atoms with Crippen LogP contribution in [0.3, 0.4) is 0 Å². The molecule has 162 valence electrons. The largest absolute Gasteiger partial charge is 0.416 e. The Morgan fingerprint density at radius 2 is 1.77 bits per heavy atom. The molecule has 0 saturated carbocycles. The van der Waals surface area contributed by atoms with Crippen molar-refractivity contribution in [3.05, 3.63) is 75.8 Å². The van der Waals surface area contributed by atoms with E-state index in [4.69, 9.17) is 11.6 Å². The van der Waals surface area contributed by atoms with E-state index < -0.39 is 17.3 Å². The third-order valence-electron chi connectivity index (χ3n) is 6.23. The second-order valence-corrected chi connectivity index (χ2v) is 8.21. The standard InChI is InChI=1S/C23H20ClF3N2O2/c1-28-21(31)16-6-4-8-18(24)20(16)22(28)11-13-29(14-12-22)19(30)10-9-15-5-2-3-7-17(15)23(25,26)27/h2-10H,11-14H2,1H3. The maximum atomic E-state index is 13.1. The van der Waals surface area contributed by atoms with E-state index in [9.17, 15) is 22.8 Å². The summed E-state index contributed by atoms with van der Waals surface area (Å²) in [4.78, 5) is 28.6. The number of carbonyl (C=O) groups excluding carboxylic acids is 2. The average Bonchev–Trinajstić information content (AvgIpc) is 2.95.